The number of hydrogen-bond acceptors (Lipinski definition) is 3. The van der Waals surface area contributed by atoms with E-state index in [1.54, 1.807) is 12.1 Å². The van der Waals surface area contributed by atoms with Gasteiger partial charge in [-0.3, -0.25) is 0 Å². The first-order valence-electron chi connectivity index (χ1n) is 10.7. The summed E-state index contributed by atoms with van der Waals surface area (Å²) in [5.74, 6) is 0.208. The Morgan fingerprint density at radius 3 is 2.41 bits per heavy atom. The van der Waals surface area contributed by atoms with Gasteiger partial charge in [0, 0.05) is 27.7 Å². The van der Waals surface area contributed by atoms with Gasteiger partial charge in [-0.25, -0.2) is 0 Å². The van der Waals surface area contributed by atoms with E-state index in [1.165, 1.54) is 5.56 Å². The number of carbonyl (C=O) groups excluding carboxylic acids is 1. The van der Waals surface area contributed by atoms with Crippen LogP contribution in [0.15, 0.2) is 76.5 Å². The van der Waals surface area contributed by atoms with Crippen LogP contribution in [0, 0.1) is 11.8 Å². The van der Waals surface area contributed by atoms with Crippen LogP contribution in [0.2, 0.25) is 0 Å². The van der Waals surface area contributed by atoms with Crippen molar-refractivity contribution in [2.24, 2.45) is 5.18 Å². The van der Waals surface area contributed by atoms with E-state index < -0.39 is 0 Å². The minimum absolute atomic E-state index is 0.269. The molecule has 0 saturated carbocycles. The van der Waals surface area contributed by atoms with Crippen molar-refractivity contribution in [3.8, 4) is 5.69 Å². The predicted molar refractivity (Wildman–Crippen MR) is 134 cm³/mol. The molecule has 0 aliphatic carbocycles. The fourth-order valence-electron chi connectivity index (χ4n) is 4.21. The summed E-state index contributed by atoms with van der Waals surface area (Å²) in [6, 6.07) is 20.0. The van der Waals surface area contributed by atoms with Gasteiger partial charge in [-0.2, -0.15) is 0 Å². The van der Waals surface area contributed by atoms with Crippen LogP contribution < -0.4 is 0 Å². The topological polar surface area (TPSA) is 51.4 Å². The molecule has 0 N–H and O–H groups in total. The second-order valence-corrected chi connectivity index (χ2v) is 9.44. The Morgan fingerprint density at radius 1 is 1.03 bits per heavy atom. The minimum atomic E-state index is -0.269. The summed E-state index contributed by atoms with van der Waals surface area (Å²) in [5, 5.41) is 4.07. The van der Waals surface area contributed by atoms with Gasteiger partial charge < -0.3 is 9.36 Å². The van der Waals surface area contributed by atoms with Gasteiger partial charge >= 0.3 is 0 Å². The van der Waals surface area contributed by atoms with Crippen LogP contribution in [0.1, 0.15) is 47.9 Å². The Balaban J connectivity index is 1.80. The first-order chi connectivity index (χ1) is 15.4. The van der Waals surface area contributed by atoms with Gasteiger partial charge in [-0.15, -0.1) is 4.91 Å². The summed E-state index contributed by atoms with van der Waals surface area (Å²) in [7, 11) is 0. The molecular formula is C27H25BrN2O2. The molecule has 1 atom stereocenters. The molecule has 0 amide bonds. The standard InChI is InChI=1S/C27H25BrN2O2/c1-17(2)20-6-4-19(5-7-20)13-21(16-31)25-15-30(27-10-8-22(28)14-24(25)27)26-11-9-23(29-32)12-18(26)3/h4-12,14-17,21H,13H2,1-3H3. The van der Waals surface area contributed by atoms with Crippen molar-refractivity contribution in [1.29, 1.82) is 0 Å². The third-order valence-electron chi connectivity index (χ3n) is 6.01. The fraction of sp³-hybridized carbons (Fsp3) is 0.222. The number of hydrogen-bond donors (Lipinski definition) is 0. The lowest BCUT2D eigenvalue weighted by Gasteiger charge is -2.12. The molecule has 5 heteroatoms. The summed E-state index contributed by atoms with van der Waals surface area (Å²) < 4.78 is 3.06. The van der Waals surface area contributed by atoms with Crippen molar-refractivity contribution < 1.29 is 4.79 Å². The van der Waals surface area contributed by atoms with Crippen LogP contribution in [0.25, 0.3) is 16.6 Å². The molecule has 1 heterocycles. The maximum absolute atomic E-state index is 12.2. The zero-order valence-corrected chi connectivity index (χ0v) is 20.0. The molecule has 4 rings (SSSR count). The highest BCUT2D eigenvalue weighted by atomic mass is 79.9. The van der Waals surface area contributed by atoms with Gasteiger partial charge in [0.05, 0.1) is 5.52 Å². The van der Waals surface area contributed by atoms with E-state index in [0.29, 0.717) is 18.0 Å². The van der Waals surface area contributed by atoms with Gasteiger partial charge in [0.25, 0.3) is 0 Å². The molecule has 0 saturated heterocycles. The summed E-state index contributed by atoms with van der Waals surface area (Å²) in [6.07, 6.45) is 3.73. The highest BCUT2D eigenvalue weighted by Gasteiger charge is 2.20. The molecule has 32 heavy (non-hydrogen) atoms. The van der Waals surface area contributed by atoms with E-state index in [9.17, 15) is 9.70 Å². The average molecular weight is 489 g/mol. The van der Waals surface area contributed by atoms with Crippen molar-refractivity contribution in [3.63, 3.8) is 0 Å². The number of rotatable bonds is 7. The number of carbonyl (C=O) groups is 1. The first kappa shape index (κ1) is 22.2. The third-order valence-corrected chi connectivity index (χ3v) is 6.50. The lowest BCUT2D eigenvalue weighted by molar-refractivity contribution is -0.109. The molecule has 162 valence electrons. The number of nitroso groups, excluding NO2 is 1. The number of fused-ring (bicyclic) bond motifs is 1. The van der Waals surface area contributed by atoms with Crippen LogP contribution >= 0.6 is 15.9 Å². The Hall–Kier alpha value is -3.05. The molecule has 0 fully saturated rings. The van der Waals surface area contributed by atoms with E-state index in [-0.39, 0.29) is 5.92 Å². The zero-order valence-electron chi connectivity index (χ0n) is 18.4. The second-order valence-electron chi connectivity index (χ2n) is 8.52. The Kier molecular flexibility index (Phi) is 6.38. The number of aldehydes is 1. The van der Waals surface area contributed by atoms with E-state index in [0.717, 1.165) is 44.0 Å². The molecule has 4 nitrogen and oxygen atoms in total. The molecule has 0 spiro atoms. The minimum Gasteiger partial charge on any atom is -0.316 e. The van der Waals surface area contributed by atoms with Crippen LogP contribution in [0.5, 0.6) is 0 Å². The van der Waals surface area contributed by atoms with Gasteiger partial charge in [-0.1, -0.05) is 54.0 Å². The molecule has 4 aromatic rings. The van der Waals surface area contributed by atoms with Crippen LogP contribution in [-0.4, -0.2) is 10.9 Å². The number of halogens is 1. The lowest BCUT2D eigenvalue weighted by atomic mass is 9.92. The van der Waals surface area contributed by atoms with Crippen molar-refractivity contribution >= 4 is 38.8 Å². The fourth-order valence-corrected chi connectivity index (χ4v) is 4.57. The van der Waals surface area contributed by atoms with Crippen molar-refractivity contribution in [3.05, 3.63) is 98.5 Å². The molecular weight excluding hydrogens is 464 g/mol. The van der Waals surface area contributed by atoms with Crippen LogP contribution in [0.4, 0.5) is 5.69 Å². The highest BCUT2D eigenvalue weighted by Crippen LogP contribution is 2.34. The summed E-state index contributed by atoms with van der Waals surface area (Å²) >= 11 is 3.58. The third kappa shape index (κ3) is 4.30. The number of nitrogens with zero attached hydrogens (tertiary/aromatic N) is 2. The zero-order chi connectivity index (χ0) is 22.8. The van der Waals surface area contributed by atoms with Crippen LogP contribution in [0.3, 0.4) is 0 Å². The molecule has 0 bridgehead atoms. The summed E-state index contributed by atoms with van der Waals surface area (Å²) in [5.41, 5.74) is 6.74. The van der Waals surface area contributed by atoms with Gasteiger partial charge in [0.2, 0.25) is 0 Å². The molecule has 0 radical (unpaired) electrons. The van der Waals surface area contributed by atoms with Gasteiger partial charge in [-0.05, 0) is 83.1 Å². The quantitative estimate of drug-likeness (QED) is 0.197. The largest absolute Gasteiger partial charge is 0.316 e. The van der Waals surface area contributed by atoms with Crippen LogP contribution in [-0.2, 0) is 11.2 Å². The molecule has 3 aromatic carbocycles. The van der Waals surface area contributed by atoms with Crippen molar-refractivity contribution in [2.75, 3.05) is 0 Å². The Bertz CT molecular complexity index is 1290. The molecule has 0 aliphatic rings. The van der Waals surface area contributed by atoms with Crippen molar-refractivity contribution in [1.82, 2.24) is 4.57 Å². The lowest BCUT2D eigenvalue weighted by Crippen LogP contribution is -2.04. The normalized spacial score (nSPS) is 12.3. The van der Waals surface area contributed by atoms with Gasteiger partial charge in [0.15, 0.2) is 0 Å². The smallest absolute Gasteiger partial charge is 0.127 e. The summed E-state index contributed by atoms with van der Waals surface area (Å²) in [4.78, 5) is 23.2. The SMILES string of the molecule is Cc1cc(N=O)ccc1-n1cc(C(C=O)Cc2ccc(C(C)C)cc2)c2cc(Br)ccc21. The maximum Gasteiger partial charge on any atom is 0.127 e. The van der Waals surface area contributed by atoms with Crippen molar-refractivity contribution in [2.45, 2.75) is 39.0 Å². The molecule has 0 aliphatic heterocycles. The van der Waals surface area contributed by atoms with E-state index in [2.05, 4.69) is 76.1 Å². The van der Waals surface area contributed by atoms with E-state index in [1.807, 2.05) is 25.1 Å². The Labute approximate surface area is 196 Å². The molecule has 1 unspecified atom stereocenters. The average Bonchev–Trinajstić information content (AvgIpc) is 3.15. The monoisotopic (exact) mass is 488 g/mol. The number of benzene rings is 3. The second kappa shape index (κ2) is 9.21. The Morgan fingerprint density at radius 2 is 1.78 bits per heavy atom. The molecule has 1 aromatic heterocycles. The highest BCUT2D eigenvalue weighted by molar-refractivity contribution is 9.10. The van der Waals surface area contributed by atoms with E-state index in [4.69, 9.17) is 0 Å². The number of aryl methyl sites for hydroxylation is 1. The maximum atomic E-state index is 12.2. The predicted octanol–water partition coefficient (Wildman–Crippen LogP) is 7.75. The number of aromatic nitrogens is 1. The van der Waals surface area contributed by atoms with E-state index >= 15 is 0 Å². The van der Waals surface area contributed by atoms with Gasteiger partial charge in [0.1, 0.15) is 12.0 Å². The summed E-state index contributed by atoms with van der Waals surface area (Å²) in [6.45, 7) is 6.31. The first-order valence-corrected chi connectivity index (χ1v) is 11.5.